The first-order valence-electron chi connectivity index (χ1n) is 6.78. The number of nitrogens with one attached hydrogen (secondary N) is 1. The van der Waals surface area contributed by atoms with E-state index in [1.165, 1.54) is 5.56 Å². The molecule has 0 aliphatic heterocycles. The molecule has 0 bridgehead atoms. The number of imidazole rings is 1. The van der Waals surface area contributed by atoms with Gasteiger partial charge in [0.15, 0.2) is 0 Å². The van der Waals surface area contributed by atoms with Crippen LogP contribution in [0.4, 0.5) is 5.95 Å². The van der Waals surface area contributed by atoms with Gasteiger partial charge in [0, 0.05) is 38.7 Å². The maximum absolute atomic E-state index is 5.22. The molecule has 2 rings (SSSR count). The third kappa shape index (κ3) is 3.19. The Morgan fingerprint density at radius 1 is 1.35 bits per heavy atom. The van der Waals surface area contributed by atoms with Gasteiger partial charge in [-0.2, -0.15) is 5.10 Å². The monoisotopic (exact) mass is 277 g/mol. The van der Waals surface area contributed by atoms with E-state index >= 15 is 0 Å². The lowest BCUT2D eigenvalue weighted by Gasteiger charge is -2.16. The standard InChI is InChI=1S/C14H23N5O/c1-10-7-19(11(2)9-20-5)14(16-10)15-6-13-8-18(4)17-12(13)3/h7-8,11H,6,9H2,1-5H3,(H,15,16). The van der Waals surface area contributed by atoms with Crippen LogP contribution in [-0.4, -0.2) is 33.0 Å². The summed E-state index contributed by atoms with van der Waals surface area (Å²) in [6.07, 6.45) is 4.07. The average molecular weight is 277 g/mol. The molecule has 110 valence electrons. The number of methoxy groups -OCH3 is 1. The van der Waals surface area contributed by atoms with Gasteiger partial charge >= 0.3 is 0 Å². The summed E-state index contributed by atoms with van der Waals surface area (Å²) in [5.74, 6) is 0.871. The van der Waals surface area contributed by atoms with Gasteiger partial charge in [0.1, 0.15) is 0 Å². The van der Waals surface area contributed by atoms with Crippen molar-refractivity contribution >= 4 is 5.95 Å². The minimum Gasteiger partial charge on any atom is -0.383 e. The zero-order valence-electron chi connectivity index (χ0n) is 12.8. The Kier molecular flexibility index (Phi) is 4.44. The predicted octanol–water partition coefficient (Wildman–Crippen LogP) is 2.05. The first-order valence-corrected chi connectivity index (χ1v) is 6.78. The molecule has 2 heterocycles. The van der Waals surface area contributed by atoms with Gasteiger partial charge in [0.25, 0.3) is 0 Å². The minimum absolute atomic E-state index is 0.249. The maximum atomic E-state index is 5.22. The SMILES string of the molecule is COCC(C)n1cc(C)nc1NCc1cn(C)nc1C. The topological polar surface area (TPSA) is 56.9 Å². The molecule has 1 N–H and O–H groups in total. The van der Waals surface area contributed by atoms with Gasteiger partial charge in [-0.15, -0.1) is 0 Å². The lowest BCUT2D eigenvalue weighted by atomic mass is 10.3. The maximum Gasteiger partial charge on any atom is 0.203 e. The molecule has 0 saturated heterocycles. The Morgan fingerprint density at radius 2 is 2.10 bits per heavy atom. The van der Waals surface area contributed by atoms with Crippen LogP contribution in [0.3, 0.4) is 0 Å². The molecule has 6 nitrogen and oxygen atoms in total. The van der Waals surface area contributed by atoms with Crippen LogP contribution in [0.5, 0.6) is 0 Å². The Balaban J connectivity index is 2.11. The van der Waals surface area contributed by atoms with Crippen LogP contribution >= 0.6 is 0 Å². The fourth-order valence-electron chi connectivity index (χ4n) is 2.30. The summed E-state index contributed by atoms with van der Waals surface area (Å²) in [5.41, 5.74) is 3.22. The number of rotatable bonds is 6. The number of hydrogen-bond acceptors (Lipinski definition) is 4. The van der Waals surface area contributed by atoms with Crippen molar-refractivity contribution in [3.63, 3.8) is 0 Å². The lowest BCUT2D eigenvalue weighted by molar-refractivity contribution is 0.163. The Bertz CT molecular complexity index is 572. The van der Waals surface area contributed by atoms with Crippen molar-refractivity contribution in [2.45, 2.75) is 33.4 Å². The van der Waals surface area contributed by atoms with Gasteiger partial charge in [0.2, 0.25) is 5.95 Å². The third-order valence-corrected chi connectivity index (χ3v) is 3.29. The zero-order valence-corrected chi connectivity index (χ0v) is 12.8. The predicted molar refractivity (Wildman–Crippen MR) is 78.8 cm³/mol. The fraction of sp³-hybridized carbons (Fsp3) is 0.571. The summed E-state index contributed by atoms with van der Waals surface area (Å²) in [4.78, 5) is 4.53. The summed E-state index contributed by atoms with van der Waals surface area (Å²) in [6, 6.07) is 0.249. The lowest BCUT2D eigenvalue weighted by Crippen LogP contribution is -2.14. The largest absolute Gasteiger partial charge is 0.383 e. The van der Waals surface area contributed by atoms with Crippen molar-refractivity contribution < 1.29 is 4.74 Å². The van der Waals surface area contributed by atoms with Crippen molar-refractivity contribution in [3.05, 3.63) is 29.3 Å². The van der Waals surface area contributed by atoms with E-state index < -0.39 is 0 Å². The first kappa shape index (κ1) is 14.6. The number of aryl methyl sites for hydroxylation is 3. The normalized spacial score (nSPS) is 12.7. The molecular weight excluding hydrogens is 254 g/mol. The molecule has 1 unspecified atom stereocenters. The molecule has 0 saturated carbocycles. The Hall–Kier alpha value is -1.82. The molecule has 0 aliphatic rings. The summed E-state index contributed by atoms with van der Waals surface area (Å²) in [5, 5.41) is 7.73. The van der Waals surface area contributed by atoms with E-state index in [4.69, 9.17) is 4.74 Å². The molecule has 0 aromatic carbocycles. The van der Waals surface area contributed by atoms with Crippen LogP contribution in [0, 0.1) is 13.8 Å². The van der Waals surface area contributed by atoms with Crippen molar-refractivity contribution in [1.82, 2.24) is 19.3 Å². The van der Waals surface area contributed by atoms with Crippen molar-refractivity contribution in [1.29, 1.82) is 0 Å². The van der Waals surface area contributed by atoms with E-state index in [-0.39, 0.29) is 6.04 Å². The zero-order chi connectivity index (χ0) is 14.7. The molecule has 0 spiro atoms. The molecule has 0 aliphatic carbocycles. The average Bonchev–Trinajstić information content (AvgIpc) is 2.90. The van der Waals surface area contributed by atoms with Crippen LogP contribution in [-0.2, 0) is 18.3 Å². The summed E-state index contributed by atoms with van der Waals surface area (Å²) < 4.78 is 9.16. The van der Waals surface area contributed by atoms with Crippen molar-refractivity contribution in [3.8, 4) is 0 Å². The van der Waals surface area contributed by atoms with Gasteiger partial charge < -0.3 is 14.6 Å². The van der Waals surface area contributed by atoms with Crippen molar-refractivity contribution in [2.24, 2.45) is 7.05 Å². The second kappa shape index (κ2) is 6.09. The molecule has 2 aromatic heterocycles. The van der Waals surface area contributed by atoms with E-state index in [0.29, 0.717) is 6.61 Å². The van der Waals surface area contributed by atoms with E-state index in [1.54, 1.807) is 7.11 Å². The summed E-state index contributed by atoms with van der Waals surface area (Å²) in [7, 11) is 3.65. The highest BCUT2D eigenvalue weighted by molar-refractivity contribution is 5.32. The van der Waals surface area contributed by atoms with Crippen LogP contribution < -0.4 is 5.32 Å². The van der Waals surface area contributed by atoms with Gasteiger partial charge in [-0.3, -0.25) is 4.68 Å². The minimum atomic E-state index is 0.249. The van der Waals surface area contributed by atoms with E-state index in [1.807, 2.05) is 38.0 Å². The highest BCUT2D eigenvalue weighted by atomic mass is 16.5. The van der Waals surface area contributed by atoms with Crippen LogP contribution in [0.1, 0.15) is 29.9 Å². The fourth-order valence-corrected chi connectivity index (χ4v) is 2.30. The van der Waals surface area contributed by atoms with E-state index in [2.05, 4.69) is 26.9 Å². The Morgan fingerprint density at radius 3 is 2.70 bits per heavy atom. The van der Waals surface area contributed by atoms with Crippen LogP contribution in [0.2, 0.25) is 0 Å². The molecule has 20 heavy (non-hydrogen) atoms. The van der Waals surface area contributed by atoms with Gasteiger partial charge in [-0.25, -0.2) is 4.98 Å². The van der Waals surface area contributed by atoms with E-state index in [0.717, 1.165) is 23.9 Å². The van der Waals surface area contributed by atoms with Crippen LogP contribution in [0.25, 0.3) is 0 Å². The first-order chi connectivity index (χ1) is 9.51. The number of ether oxygens (including phenoxy) is 1. The van der Waals surface area contributed by atoms with Crippen molar-refractivity contribution in [2.75, 3.05) is 19.0 Å². The summed E-state index contributed by atoms with van der Waals surface area (Å²) >= 11 is 0. The van der Waals surface area contributed by atoms with Gasteiger partial charge in [-0.05, 0) is 20.8 Å². The quantitative estimate of drug-likeness (QED) is 0.878. The molecule has 0 radical (unpaired) electrons. The highest BCUT2D eigenvalue weighted by Crippen LogP contribution is 2.17. The molecule has 2 aromatic rings. The summed E-state index contributed by atoms with van der Waals surface area (Å²) in [6.45, 7) is 7.51. The molecular formula is C14H23N5O. The number of nitrogens with zero attached hydrogens (tertiary/aromatic N) is 4. The number of anilines is 1. The smallest absolute Gasteiger partial charge is 0.203 e. The molecule has 0 amide bonds. The van der Waals surface area contributed by atoms with Gasteiger partial charge in [0.05, 0.1) is 24.0 Å². The van der Waals surface area contributed by atoms with E-state index in [9.17, 15) is 0 Å². The molecule has 1 atom stereocenters. The highest BCUT2D eigenvalue weighted by Gasteiger charge is 2.12. The van der Waals surface area contributed by atoms with Crippen LogP contribution in [0.15, 0.2) is 12.4 Å². The second-order valence-electron chi connectivity index (χ2n) is 5.18. The van der Waals surface area contributed by atoms with Gasteiger partial charge in [-0.1, -0.05) is 0 Å². The second-order valence-corrected chi connectivity index (χ2v) is 5.18. The molecule has 6 heteroatoms. The number of aromatic nitrogens is 4. The number of hydrogen-bond donors (Lipinski definition) is 1. The Labute approximate surface area is 119 Å². The third-order valence-electron chi connectivity index (χ3n) is 3.29. The molecule has 0 fully saturated rings.